The number of ether oxygens (including phenoxy) is 1. The minimum absolute atomic E-state index is 0.0364. The number of hydrogen-bond donors (Lipinski definition) is 1. The molecule has 0 aromatic heterocycles. The summed E-state index contributed by atoms with van der Waals surface area (Å²) >= 11 is 3.43. The minimum Gasteiger partial charge on any atom is -0.495 e. The summed E-state index contributed by atoms with van der Waals surface area (Å²) in [5.41, 5.74) is 1.40. The summed E-state index contributed by atoms with van der Waals surface area (Å²) in [5.74, 6) is 0.715. The first-order valence-corrected chi connectivity index (χ1v) is 7.65. The van der Waals surface area contributed by atoms with Crippen molar-refractivity contribution >= 4 is 27.5 Å². The average Bonchev–Trinajstić information content (AvgIpc) is 3.30. The van der Waals surface area contributed by atoms with Crippen LogP contribution in [0.15, 0.2) is 53.0 Å². The van der Waals surface area contributed by atoms with Crippen LogP contribution in [0.1, 0.15) is 18.4 Å². The van der Waals surface area contributed by atoms with Gasteiger partial charge in [-0.3, -0.25) is 4.79 Å². The lowest BCUT2D eigenvalue weighted by molar-refractivity contribution is -0.118. The predicted molar refractivity (Wildman–Crippen MR) is 86.7 cm³/mol. The van der Waals surface area contributed by atoms with Crippen molar-refractivity contribution in [2.45, 2.75) is 18.3 Å². The lowest BCUT2D eigenvalue weighted by Gasteiger charge is -2.17. The largest absolute Gasteiger partial charge is 0.495 e. The number of anilines is 1. The Morgan fingerprint density at radius 2 is 1.81 bits per heavy atom. The van der Waals surface area contributed by atoms with E-state index in [1.54, 1.807) is 7.11 Å². The summed E-state index contributed by atoms with van der Waals surface area (Å²) in [6.07, 6.45) is 1.77. The Morgan fingerprint density at radius 3 is 2.43 bits per heavy atom. The fraction of sp³-hybridized carbons (Fsp3) is 0.235. The van der Waals surface area contributed by atoms with Crippen molar-refractivity contribution in [1.29, 1.82) is 0 Å². The molecule has 2 aromatic carbocycles. The highest BCUT2D eigenvalue weighted by atomic mass is 79.9. The van der Waals surface area contributed by atoms with E-state index in [4.69, 9.17) is 4.74 Å². The molecule has 21 heavy (non-hydrogen) atoms. The average molecular weight is 346 g/mol. The van der Waals surface area contributed by atoms with Crippen molar-refractivity contribution in [2.24, 2.45) is 0 Å². The highest BCUT2D eigenvalue weighted by Crippen LogP contribution is 2.49. The second-order valence-electron chi connectivity index (χ2n) is 5.24. The molecule has 3 rings (SSSR count). The van der Waals surface area contributed by atoms with E-state index < -0.39 is 0 Å². The van der Waals surface area contributed by atoms with Crippen LogP contribution in [0.4, 0.5) is 5.69 Å². The first kappa shape index (κ1) is 14.1. The molecule has 0 unspecified atom stereocenters. The van der Waals surface area contributed by atoms with E-state index in [2.05, 4.69) is 21.2 Å². The third kappa shape index (κ3) is 2.68. The van der Waals surface area contributed by atoms with Gasteiger partial charge in [-0.25, -0.2) is 0 Å². The van der Waals surface area contributed by atoms with Gasteiger partial charge in [0.05, 0.1) is 18.2 Å². The molecule has 0 atom stereocenters. The van der Waals surface area contributed by atoms with Crippen LogP contribution in [0.3, 0.4) is 0 Å². The number of rotatable bonds is 4. The molecule has 1 fully saturated rings. The summed E-state index contributed by atoms with van der Waals surface area (Å²) in [5, 5.41) is 3.00. The first-order valence-electron chi connectivity index (χ1n) is 6.86. The zero-order valence-corrected chi connectivity index (χ0v) is 13.3. The van der Waals surface area contributed by atoms with Crippen molar-refractivity contribution < 1.29 is 9.53 Å². The highest BCUT2D eigenvalue weighted by molar-refractivity contribution is 9.10. The molecule has 0 aliphatic heterocycles. The van der Waals surface area contributed by atoms with Crippen molar-refractivity contribution in [3.63, 3.8) is 0 Å². The fourth-order valence-corrected chi connectivity index (χ4v) is 2.79. The van der Waals surface area contributed by atoms with E-state index in [0.717, 1.165) is 22.9 Å². The van der Waals surface area contributed by atoms with E-state index in [1.807, 2.05) is 48.5 Å². The molecule has 0 bridgehead atoms. The number of amides is 1. The van der Waals surface area contributed by atoms with Crippen molar-refractivity contribution in [2.75, 3.05) is 12.4 Å². The van der Waals surface area contributed by atoms with Gasteiger partial charge >= 0.3 is 0 Å². The quantitative estimate of drug-likeness (QED) is 0.904. The summed E-state index contributed by atoms with van der Waals surface area (Å²) in [6, 6.07) is 15.5. The SMILES string of the molecule is COc1ccccc1NC(=O)C1(c2ccc(Br)cc2)CC1. The Kier molecular flexibility index (Phi) is 3.72. The van der Waals surface area contributed by atoms with Crippen LogP contribution in [-0.2, 0) is 10.2 Å². The van der Waals surface area contributed by atoms with Crippen molar-refractivity contribution in [1.82, 2.24) is 0 Å². The summed E-state index contributed by atoms with van der Waals surface area (Å²) < 4.78 is 6.30. The van der Waals surface area contributed by atoms with Crippen molar-refractivity contribution in [3.8, 4) is 5.75 Å². The fourth-order valence-electron chi connectivity index (χ4n) is 2.53. The molecule has 1 N–H and O–H groups in total. The second kappa shape index (κ2) is 5.53. The van der Waals surface area contributed by atoms with Gasteiger partial charge in [-0.1, -0.05) is 40.2 Å². The third-order valence-electron chi connectivity index (χ3n) is 3.94. The normalized spacial score (nSPS) is 15.3. The second-order valence-corrected chi connectivity index (χ2v) is 6.16. The Morgan fingerprint density at radius 1 is 1.14 bits per heavy atom. The van der Waals surface area contributed by atoms with Crippen molar-refractivity contribution in [3.05, 3.63) is 58.6 Å². The molecule has 0 heterocycles. The van der Waals surface area contributed by atoms with Gasteiger partial charge in [0.2, 0.25) is 5.91 Å². The molecule has 1 saturated carbocycles. The zero-order chi connectivity index (χ0) is 14.9. The van der Waals surface area contributed by atoms with E-state index in [9.17, 15) is 4.79 Å². The monoisotopic (exact) mass is 345 g/mol. The number of halogens is 1. The summed E-state index contributed by atoms with van der Waals surface area (Å²) in [4.78, 5) is 12.7. The number of methoxy groups -OCH3 is 1. The number of hydrogen-bond acceptors (Lipinski definition) is 2. The van der Waals surface area contributed by atoms with Gasteiger partial charge in [-0.2, -0.15) is 0 Å². The van der Waals surface area contributed by atoms with Gasteiger partial charge in [-0.05, 0) is 42.7 Å². The molecule has 2 aromatic rings. The Bertz CT molecular complexity index is 663. The number of benzene rings is 2. The molecule has 3 nitrogen and oxygen atoms in total. The van der Waals surface area contributed by atoms with Crippen LogP contribution in [0.5, 0.6) is 5.75 Å². The van der Waals surface area contributed by atoms with Crippen LogP contribution in [-0.4, -0.2) is 13.0 Å². The molecule has 108 valence electrons. The molecular formula is C17H16BrNO2. The topological polar surface area (TPSA) is 38.3 Å². The predicted octanol–water partition coefficient (Wildman–Crippen LogP) is 4.13. The summed E-state index contributed by atoms with van der Waals surface area (Å²) in [7, 11) is 1.60. The molecular weight excluding hydrogens is 330 g/mol. The Balaban J connectivity index is 1.83. The van der Waals surface area contributed by atoms with Gasteiger partial charge in [0.1, 0.15) is 5.75 Å². The van der Waals surface area contributed by atoms with Gasteiger partial charge in [-0.15, -0.1) is 0 Å². The third-order valence-corrected chi connectivity index (χ3v) is 4.47. The molecule has 1 aliphatic rings. The van der Waals surface area contributed by atoms with Crippen LogP contribution < -0.4 is 10.1 Å². The van der Waals surface area contributed by atoms with Crippen LogP contribution in [0, 0.1) is 0 Å². The minimum atomic E-state index is -0.387. The lowest BCUT2D eigenvalue weighted by Crippen LogP contribution is -2.27. The van der Waals surface area contributed by atoms with E-state index in [1.165, 1.54) is 0 Å². The number of para-hydroxylation sites is 2. The maximum Gasteiger partial charge on any atom is 0.235 e. The summed E-state index contributed by atoms with van der Waals surface area (Å²) in [6.45, 7) is 0. The maximum absolute atomic E-state index is 12.7. The molecule has 1 amide bonds. The number of carbonyl (C=O) groups excluding carboxylic acids is 1. The van der Waals surface area contributed by atoms with Gasteiger partial charge in [0.25, 0.3) is 0 Å². The van der Waals surface area contributed by atoms with Gasteiger partial charge in [0, 0.05) is 4.47 Å². The van der Waals surface area contributed by atoms with Gasteiger partial charge in [0.15, 0.2) is 0 Å². The number of nitrogens with one attached hydrogen (secondary N) is 1. The molecule has 1 aliphatic carbocycles. The highest BCUT2D eigenvalue weighted by Gasteiger charge is 2.51. The lowest BCUT2D eigenvalue weighted by atomic mass is 9.95. The maximum atomic E-state index is 12.7. The van der Waals surface area contributed by atoms with Gasteiger partial charge < -0.3 is 10.1 Å². The molecule has 0 radical (unpaired) electrons. The standard InChI is InChI=1S/C17H16BrNO2/c1-21-15-5-3-2-4-14(15)19-16(20)17(10-11-17)12-6-8-13(18)9-7-12/h2-9H,10-11H2,1H3,(H,19,20). The molecule has 0 spiro atoms. The molecule has 0 saturated heterocycles. The Labute approximate surface area is 132 Å². The zero-order valence-electron chi connectivity index (χ0n) is 11.7. The van der Waals surface area contributed by atoms with Crippen LogP contribution >= 0.6 is 15.9 Å². The first-order chi connectivity index (χ1) is 10.2. The molecule has 4 heteroatoms. The van der Waals surface area contributed by atoms with E-state index in [-0.39, 0.29) is 11.3 Å². The van der Waals surface area contributed by atoms with E-state index >= 15 is 0 Å². The Hall–Kier alpha value is -1.81. The number of carbonyl (C=O) groups is 1. The van der Waals surface area contributed by atoms with Crippen LogP contribution in [0.25, 0.3) is 0 Å². The van der Waals surface area contributed by atoms with Crippen LogP contribution in [0.2, 0.25) is 0 Å². The smallest absolute Gasteiger partial charge is 0.235 e. The van der Waals surface area contributed by atoms with E-state index in [0.29, 0.717) is 11.4 Å².